The minimum Gasteiger partial charge on any atom is -0.458 e. The lowest BCUT2D eigenvalue weighted by Crippen LogP contribution is -2.45. The maximum Gasteiger partial charge on any atom is 0.343 e. The topological polar surface area (TPSA) is 137 Å². The molecule has 41 heavy (non-hydrogen) atoms. The molecule has 1 atom stereocenters. The quantitative estimate of drug-likeness (QED) is 0.143. The van der Waals surface area contributed by atoms with Crippen LogP contribution in [0.1, 0.15) is 61.9 Å². The van der Waals surface area contributed by atoms with Gasteiger partial charge in [-0.05, 0) is 35.6 Å². The van der Waals surface area contributed by atoms with Crippen molar-refractivity contribution < 1.29 is 19.6 Å². The van der Waals surface area contributed by atoms with E-state index in [-0.39, 0.29) is 40.9 Å². The number of rotatable bonds is 4. The van der Waals surface area contributed by atoms with E-state index in [0.29, 0.717) is 16.6 Å². The van der Waals surface area contributed by atoms with Crippen molar-refractivity contribution >= 4 is 34.5 Å². The Morgan fingerprint density at radius 1 is 1.15 bits per heavy atom. The first-order chi connectivity index (χ1) is 19.5. The third-order valence-electron chi connectivity index (χ3n) is 7.98. The third-order valence-corrected chi connectivity index (χ3v) is 7.98. The van der Waals surface area contributed by atoms with Crippen LogP contribution in [0.15, 0.2) is 58.3 Å². The average molecular weight is 553 g/mol. The average Bonchev–Trinajstić information content (AvgIpc) is 3.32. The Morgan fingerprint density at radius 2 is 1.85 bits per heavy atom. The highest BCUT2D eigenvalue weighted by Crippen LogP contribution is 2.47. The number of carbonyl (C=O) groups excluding carboxylic acids is 1. The van der Waals surface area contributed by atoms with Crippen molar-refractivity contribution in [2.45, 2.75) is 58.3 Å². The number of aliphatic imine (C=N–C) groups is 1. The molecule has 10 nitrogen and oxygen atoms in total. The molecule has 4 heterocycles. The lowest BCUT2D eigenvalue weighted by Gasteiger charge is -2.31. The van der Waals surface area contributed by atoms with Gasteiger partial charge in [0.2, 0.25) is 0 Å². The molecule has 0 radical (unpaired) electrons. The predicted octanol–water partition coefficient (Wildman–Crippen LogP) is 5.04. The summed E-state index contributed by atoms with van der Waals surface area (Å²) in [7, 11) is 0. The zero-order valence-electron chi connectivity index (χ0n) is 23.1. The number of esters is 1. The highest BCUT2D eigenvalue weighted by Gasteiger charge is 2.52. The number of pyridine rings is 2. The van der Waals surface area contributed by atoms with Crippen molar-refractivity contribution in [1.82, 2.24) is 9.55 Å². The summed E-state index contributed by atoms with van der Waals surface area (Å²) in [6.07, 6.45) is 1.50. The smallest absolute Gasteiger partial charge is 0.343 e. The zero-order chi connectivity index (χ0) is 29.3. The van der Waals surface area contributed by atoms with Gasteiger partial charge < -0.3 is 9.84 Å². The lowest BCUT2D eigenvalue weighted by molar-refractivity contribution is -0.386. The second-order valence-electron chi connectivity index (χ2n) is 11.4. The number of nitrogens with zero attached hydrogens (tertiary/aromatic N) is 4. The molecule has 10 heteroatoms. The van der Waals surface area contributed by atoms with Crippen molar-refractivity contribution in [2.75, 3.05) is 0 Å². The predicted molar refractivity (Wildman–Crippen MR) is 154 cm³/mol. The van der Waals surface area contributed by atoms with Crippen molar-refractivity contribution in [3.63, 3.8) is 0 Å². The molecule has 0 amide bonds. The summed E-state index contributed by atoms with van der Waals surface area (Å²) in [6.45, 7) is 7.47. The largest absolute Gasteiger partial charge is 0.458 e. The van der Waals surface area contributed by atoms with Crippen LogP contribution in [0.3, 0.4) is 0 Å². The van der Waals surface area contributed by atoms with Gasteiger partial charge in [-0.2, -0.15) is 0 Å². The van der Waals surface area contributed by atoms with Gasteiger partial charge in [0.05, 0.1) is 33.8 Å². The zero-order valence-corrected chi connectivity index (χ0v) is 23.1. The summed E-state index contributed by atoms with van der Waals surface area (Å²) in [6, 6.07) is 15.3. The van der Waals surface area contributed by atoms with Gasteiger partial charge in [0.1, 0.15) is 18.0 Å². The highest BCUT2D eigenvalue weighted by molar-refractivity contribution is 6.03. The minimum atomic E-state index is -2.33. The van der Waals surface area contributed by atoms with E-state index in [1.807, 2.05) is 42.5 Å². The summed E-state index contributed by atoms with van der Waals surface area (Å²) >= 11 is 0. The molecule has 0 saturated carbocycles. The van der Waals surface area contributed by atoms with Crippen molar-refractivity contribution in [1.29, 1.82) is 0 Å². The fraction of sp³-hybridized carbons (Fsp3) is 0.290. The molecule has 0 unspecified atom stereocenters. The SMILES string of the molecule is CC[C@@]1(O)C(=O)OCc2c1c([N+](=O)[O-])c1n(c2=O)Cc2c-1nc1ccccc1c2/C=N/c1ccc(C(C)(C)C)cc1. The molecule has 2 aliphatic heterocycles. The van der Waals surface area contributed by atoms with Crippen LogP contribution in [0.5, 0.6) is 0 Å². The number of aromatic nitrogens is 2. The highest BCUT2D eigenvalue weighted by atomic mass is 16.6. The molecular weight excluding hydrogens is 524 g/mol. The van der Waals surface area contributed by atoms with Gasteiger partial charge in [-0.1, -0.05) is 58.0 Å². The van der Waals surface area contributed by atoms with E-state index < -0.39 is 34.3 Å². The Balaban J connectivity index is 1.61. The minimum absolute atomic E-state index is 0.00310. The monoisotopic (exact) mass is 552 g/mol. The van der Waals surface area contributed by atoms with E-state index in [1.165, 1.54) is 17.1 Å². The molecule has 0 spiro atoms. The Bertz CT molecular complexity index is 1870. The van der Waals surface area contributed by atoms with Crippen LogP contribution in [0, 0.1) is 10.1 Å². The standard InChI is InChI=1S/C31H28N4O6/c1-5-31(38)24-22(16-41-29(31)37)28(36)34-15-21-20(14-32-18-12-10-17(11-13-18)30(2,3)4)19-8-6-7-9-23(19)33-25(21)27(34)26(24)35(39)40/h6-14,38H,5,15-16H2,1-4H3/b32-14+/t31-/m0/s1. The number of hydrogen-bond donors (Lipinski definition) is 1. The van der Waals surface area contributed by atoms with Gasteiger partial charge in [0.15, 0.2) is 5.60 Å². The Kier molecular flexibility index (Phi) is 5.93. The summed E-state index contributed by atoms with van der Waals surface area (Å²) in [5.74, 6) is -1.02. The molecule has 0 fully saturated rings. The lowest BCUT2D eigenvalue weighted by atomic mass is 9.84. The summed E-state index contributed by atoms with van der Waals surface area (Å²) in [4.78, 5) is 47.8. The van der Waals surface area contributed by atoms with E-state index in [2.05, 4.69) is 20.8 Å². The molecule has 208 valence electrons. The molecule has 6 rings (SSSR count). The van der Waals surface area contributed by atoms with E-state index in [1.54, 1.807) is 12.3 Å². The first-order valence-corrected chi connectivity index (χ1v) is 13.4. The number of aliphatic hydroxyl groups is 1. The maximum absolute atomic E-state index is 13.7. The number of para-hydroxylation sites is 1. The molecule has 2 aliphatic rings. The Hall–Kier alpha value is -4.70. The van der Waals surface area contributed by atoms with Crippen LogP contribution in [-0.2, 0) is 33.7 Å². The number of cyclic esters (lactones) is 1. The molecule has 0 saturated heterocycles. The van der Waals surface area contributed by atoms with E-state index >= 15 is 0 Å². The van der Waals surface area contributed by atoms with Crippen LogP contribution in [-0.4, -0.2) is 31.8 Å². The fourth-order valence-corrected chi connectivity index (χ4v) is 5.71. The molecular formula is C31H28N4O6. The van der Waals surface area contributed by atoms with Gasteiger partial charge in [-0.15, -0.1) is 0 Å². The van der Waals surface area contributed by atoms with Crippen molar-refractivity contribution in [3.8, 4) is 11.4 Å². The van der Waals surface area contributed by atoms with Gasteiger partial charge in [-0.3, -0.25) is 24.5 Å². The van der Waals surface area contributed by atoms with Gasteiger partial charge in [0.25, 0.3) is 5.56 Å². The van der Waals surface area contributed by atoms with Crippen LogP contribution >= 0.6 is 0 Å². The molecule has 2 aromatic heterocycles. The second kappa shape index (κ2) is 9.17. The van der Waals surface area contributed by atoms with Crippen molar-refractivity contribution in [2.24, 2.45) is 4.99 Å². The van der Waals surface area contributed by atoms with E-state index in [9.17, 15) is 24.8 Å². The number of benzene rings is 2. The van der Waals surface area contributed by atoms with Crippen molar-refractivity contribution in [3.05, 3.63) is 96.8 Å². The van der Waals surface area contributed by atoms with Gasteiger partial charge >= 0.3 is 11.7 Å². The van der Waals surface area contributed by atoms with Gasteiger partial charge in [-0.25, -0.2) is 9.78 Å². The summed E-state index contributed by atoms with van der Waals surface area (Å²) in [5.41, 5.74) is 0.127. The second-order valence-corrected chi connectivity index (χ2v) is 11.4. The number of carbonyl (C=O) groups is 1. The number of ether oxygens (including phenoxy) is 1. The summed E-state index contributed by atoms with van der Waals surface area (Å²) in [5, 5.41) is 24.6. The molecule has 1 N–H and O–H groups in total. The molecule has 2 aromatic carbocycles. The number of nitro groups is 1. The molecule has 4 aromatic rings. The maximum atomic E-state index is 13.7. The van der Waals surface area contributed by atoms with Gasteiger partial charge in [0, 0.05) is 22.7 Å². The van der Waals surface area contributed by atoms with Crippen LogP contribution in [0.4, 0.5) is 11.4 Å². The van der Waals surface area contributed by atoms with Crippen LogP contribution < -0.4 is 5.56 Å². The number of hydrogen-bond acceptors (Lipinski definition) is 8. The normalized spacial score (nSPS) is 17.8. The fourth-order valence-electron chi connectivity index (χ4n) is 5.71. The van der Waals surface area contributed by atoms with E-state index in [4.69, 9.17) is 14.7 Å². The molecule has 0 bridgehead atoms. The first kappa shape index (κ1) is 26.5. The Labute approximate surface area is 235 Å². The summed E-state index contributed by atoms with van der Waals surface area (Å²) < 4.78 is 6.40. The van der Waals surface area contributed by atoms with Crippen LogP contribution in [0.2, 0.25) is 0 Å². The third kappa shape index (κ3) is 3.97. The Morgan fingerprint density at radius 3 is 2.51 bits per heavy atom. The molecule has 0 aliphatic carbocycles. The van der Waals surface area contributed by atoms with Crippen LogP contribution in [0.25, 0.3) is 22.3 Å². The van der Waals surface area contributed by atoms with E-state index in [0.717, 1.165) is 11.1 Å². The number of fused-ring (bicyclic) bond motifs is 5. The first-order valence-electron chi connectivity index (χ1n) is 13.4.